The van der Waals surface area contributed by atoms with E-state index in [1.54, 1.807) is 0 Å². The highest BCUT2D eigenvalue weighted by atomic mass is 16.7. The number of carboxylic acids is 1. The summed E-state index contributed by atoms with van der Waals surface area (Å²) in [4.78, 5) is 11.5. The quantitative estimate of drug-likeness (QED) is 0.149. The average molecular weight is 517 g/mol. The molecule has 0 aliphatic carbocycles. The van der Waals surface area contributed by atoms with Crippen molar-refractivity contribution >= 4 is 5.97 Å². The van der Waals surface area contributed by atoms with E-state index in [2.05, 4.69) is 0 Å². The molecule has 3 heterocycles. The molecular formula is C18H31NO16. The third-order valence-electron chi connectivity index (χ3n) is 6.12. The van der Waals surface area contributed by atoms with Gasteiger partial charge in [0.2, 0.25) is 0 Å². The van der Waals surface area contributed by atoms with Gasteiger partial charge in [0.05, 0.1) is 19.3 Å². The van der Waals surface area contributed by atoms with Crippen LogP contribution in [0.15, 0.2) is 0 Å². The molecule has 3 saturated heterocycles. The van der Waals surface area contributed by atoms with E-state index in [0.29, 0.717) is 0 Å². The number of hydrogen-bond acceptors (Lipinski definition) is 16. The van der Waals surface area contributed by atoms with Gasteiger partial charge in [-0.25, -0.2) is 4.79 Å². The van der Waals surface area contributed by atoms with E-state index in [1.807, 2.05) is 0 Å². The normalized spacial score (nSPS) is 51.2. The van der Waals surface area contributed by atoms with Gasteiger partial charge in [0.1, 0.15) is 61.0 Å². The van der Waals surface area contributed by atoms with Crippen molar-refractivity contribution in [2.75, 3.05) is 13.2 Å². The van der Waals surface area contributed by atoms with Crippen LogP contribution in [0.1, 0.15) is 0 Å². The van der Waals surface area contributed by atoms with Gasteiger partial charge >= 0.3 is 5.97 Å². The Morgan fingerprint density at radius 2 is 1.34 bits per heavy atom. The number of carbonyl (C=O) groups is 1. The third-order valence-corrected chi connectivity index (χ3v) is 6.12. The number of hydrogen-bond donors (Lipinski definition) is 11. The zero-order valence-corrected chi connectivity index (χ0v) is 18.1. The van der Waals surface area contributed by atoms with Crippen LogP contribution in [-0.2, 0) is 28.5 Å². The van der Waals surface area contributed by atoms with E-state index in [0.717, 1.165) is 0 Å². The summed E-state index contributed by atoms with van der Waals surface area (Å²) in [6, 6.07) is -1.49. The van der Waals surface area contributed by atoms with E-state index < -0.39 is 111 Å². The van der Waals surface area contributed by atoms with E-state index in [4.69, 9.17) is 29.4 Å². The Morgan fingerprint density at radius 3 is 1.94 bits per heavy atom. The number of aliphatic carboxylic acids is 1. The molecule has 0 bridgehead atoms. The lowest BCUT2D eigenvalue weighted by molar-refractivity contribution is -0.343. The summed E-state index contributed by atoms with van der Waals surface area (Å²) in [5.74, 6) is -1.66. The molecule has 0 saturated carbocycles. The second-order valence-electron chi connectivity index (χ2n) is 8.50. The van der Waals surface area contributed by atoms with Crippen LogP contribution in [0.5, 0.6) is 0 Å². The minimum absolute atomic E-state index is 0.624. The molecular weight excluding hydrogens is 486 g/mol. The summed E-state index contributed by atoms with van der Waals surface area (Å²) in [6.07, 6.45) is -24.3. The van der Waals surface area contributed by atoms with Crippen LogP contribution in [0, 0.1) is 0 Å². The fraction of sp³-hybridized carbons (Fsp3) is 0.944. The number of nitrogens with two attached hydrogens (primary N) is 1. The first-order chi connectivity index (χ1) is 16.4. The van der Waals surface area contributed by atoms with E-state index in [-0.39, 0.29) is 0 Å². The zero-order valence-electron chi connectivity index (χ0n) is 18.1. The zero-order chi connectivity index (χ0) is 26.2. The maximum absolute atomic E-state index is 11.5. The SMILES string of the molecule is NC1C(O)[C@H](O)C(CO[C@H]2OC(CO)[C@H](O)C(O)C2O)O[C@@H]1O[C@@H]1C(C(=O)O)O[C@H](O)C(O)C1O. The molecule has 12 N–H and O–H groups in total. The summed E-state index contributed by atoms with van der Waals surface area (Å²) in [5.41, 5.74) is 5.82. The predicted molar refractivity (Wildman–Crippen MR) is 104 cm³/mol. The molecule has 17 nitrogen and oxygen atoms in total. The fourth-order valence-electron chi connectivity index (χ4n) is 3.96. The molecule has 15 atom stereocenters. The molecule has 9 unspecified atom stereocenters. The Hall–Kier alpha value is -1.13. The maximum atomic E-state index is 11.5. The topological polar surface area (TPSA) is 292 Å². The molecule has 3 aliphatic heterocycles. The summed E-state index contributed by atoms with van der Waals surface area (Å²) < 4.78 is 26.1. The van der Waals surface area contributed by atoms with Gasteiger partial charge in [0.25, 0.3) is 0 Å². The van der Waals surface area contributed by atoms with Crippen molar-refractivity contribution in [1.82, 2.24) is 0 Å². The van der Waals surface area contributed by atoms with Crippen LogP contribution >= 0.6 is 0 Å². The smallest absolute Gasteiger partial charge is 0.335 e. The van der Waals surface area contributed by atoms with E-state index >= 15 is 0 Å². The minimum atomic E-state index is -2.03. The van der Waals surface area contributed by atoms with Crippen LogP contribution in [0.25, 0.3) is 0 Å². The van der Waals surface area contributed by atoms with E-state index in [9.17, 15) is 55.9 Å². The van der Waals surface area contributed by atoms with Gasteiger partial charge in [0, 0.05) is 0 Å². The summed E-state index contributed by atoms with van der Waals surface area (Å²) in [7, 11) is 0. The summed E-state index contributed by atoms with van der Waals surface area (Å²) in [6.45, 7) is -1.34. The highest BCUT2D eigenvalue weighted by Crippen LogP contribution is 2.29. The Kier molecular flexibility index (Phi) is 9.35. The van der Waals surface area contributed by atoms with Gasteiger partial charge < -0.3 is 80.5 Å². The third kappa shape index (κ3) is 5.74. The highest BCUT2D eigenvalue weighted by Gasteiger charge is 2.52. The molecule has 0 aromatic rings. The predicted octanol–water partition coefficient (Wildman–Crippen LogP) is -7.51. The Bertz CT molecular complexity index is 714. The summed E-state index contributed by atoms with van der Waals surface area (Å²) in [5, 5.41) is 98.5. The molecule has 0 amide bonds. The summed E-state index contributed by atoms with van der Waals surface area (Å²) >= 11 is 0. The fourth-order valence-corrected chi connectivity index (χ4v) is 3.96. The van der Waals surface area contributed by atoms with Crippen LogP contribution in [0.2, 0.25) is 0 Å². The molecule has 3 rings (SSSR count). The van der Waals surface area contributed by atoms with Crippen molar-refractivity contribution in [3.63, 3.8) is 0 Å². The molecule has 17 heteroatoms. The second kappa shape index (κ2) is 11.5. The molecule has 3 fully saturated rings. The lowest BCUT2D eigenvalue weighted by Gasteiger charge is -2.45. The van der Waals surface area contributed by atoms with Crippen molar-refractivity contribution in [3.05, 3.63) is 0 Å². The van der Waals surface area contributed by atoms with Crippen LogP contribution in [0.3, 0.4) is 0 Å². The van der Waals surface area contributed by atoms with Gasteiger partial charge in [-0.15, -0.1) is 0 Å². The van der Waals surface area contributed by atoms with Gasteiger partial charge in [-0.3, -0.25) is 0 Å². The minimum Gasteiger partial charge on any atom is -0.479 e. The molecule has 0 spiro atoms. The maximum Gasteiger partial charge on any atom is 0.335 e. The first-order valence-corrected chi connectivity index (χ1v) is 10.7. The monoisotopic (exact) mass is 517 g/mol. The molecule has 3 aliphatic rings. The Morgan fingerprint density at radius 1 is 0.743 bits per heavy atom. The van der Waals surface area contributed by atoms with Gasteiger partial charge in [-0.05, 0) is 0 Å². The number of aliphatic hydroxyl groups excluding tert-OH is 9. The lowest BCUT2D eigenvalue weighted by atomic mass is 9.96. The number of rotatable bonds is 7. The second-order valence-corrected chi connectivity index (χ2v) is 8.50. The van der Waals surface area contributed by atoms with Crippen molar-refractivity contribution in [1.29, 1.82) is 0 Å². The molecule has 0 aromatic heterocycles. The van der Waals surface area contributed by atoms with Gasteiger partial charge in [-0.2, -0.15) is 0 Å². The lowest BCUT2D eigenvalue weighted by Crippen LogP contribution is -2.67. The van der Waals surface area contributed by atoms with Crippen molar-refractivity contribution in [3.8, 4) is 0 Å². The number of carboxylic acid groups (broad SMARTS) is 1. The molecule has 35 heavy (non-hydrogen) atoms. The first-order valence-electron chi connectivity index (χ1n) is 10.7. The van der Waals surface area contributed by atoms with Gasteiger partial charge in [-0.1, -0.05) is 0 Å². The standard InChI is InChI=1S/C18H31NO16/c19-5-8(23)7(22)4(2-31-18-12(27)9(24)6(21)3(1-20)32-18)33-17(5)35-13-10(25)11(26)16(30)34-14(13)15(28)29/h3-14,16-18,20-27,30H,1-2,19H2,(H,28,29)/t3?,4?,5?,6-,7+,8?,9?,10?,11?,12?,13-,14?,16-,17+,18-/m0/s1. The highest BCUT2D eigenvalue weighted by molar-refractivity contribution is 5.73. The van der Waals surface area contributed by atoms with E-state index in [1.165, 1.54) is 0 Å². The largest absolute Gasteiger partial charge is 0.479 e. The van der Waals surface area contributed by atoms with Crippen LogP contribution in [-0.4, -0.2) is 162 Å². The average Bonchev–Trinajstić information content (AvgIpc) is 2.82. The molecule has 0 aromatic carbocycles. The van der Waals surface area contributed by atoms with Crippen molar-refractivity contribution in [2.24, 2.45) is 5.73 Å². The van der Waals surface area contributed by atoms with Crippen LogP contribution < -0.4 is 5.73 Å². The molecule has 204 valence electrons. The van der Waals surface area contributed by atoms with Gasteiger partial charge in [0.15, 0.2) is 25.0 Å². The van der Waals surface area contributed by atoms with Crippen LogP contribution in [0.4, 0.5) is 0 Å². The Labute approximate surface area is 197 Å². The Balaban J connectivity index is 1.69. The number of aliphatic hydroxyl groups is 9. The van der Waals surface area contributed by atoms with Crippen molar-refractivity contribution < 1.29 is 79.5 Å². The molecule has 0 radical (unpaired) electrons. The number of ether oxygens (including phenoxy) is 5. The van der Waals surface area contributed by atoms with Crippen molar-refractivity contribution in [2.45, 2.75) is 92.1 Å². The first kappa shape index (κ1) is 28.4.